The van der Waals surface area contributed by atoms with E-state index in [9.17, 15) is 44.7 Å². The van der Waals surface area contributed by atoms with Crippen molar-refractivity contribution in [3.8, 4) is 0 Å². The first kappa shape index (κ1) is 66.2. The molecule has 0 amide bonds. The third kappa shape index (κ3) is 16.3. The predicted octanol–water partition coefficient (Wildman–Crippen LogP) is 5.69. The number of aliphatic hydroxyl groups is 4. The molecule has 4 heterocycles. The van der Waals surface area contributed by atoms with Crippen LogP contribution in [0.3, 0.4) is 0 Å². The van der Waals surface area contributed by atoms with Crippen molar-refractivity contribution in [1.29, 1.82) is 0 Å². The van der Waals surface area contributed by atoms with Crippen molar-refractivity contribution in [2.24, 2.45) is 17.8 Å². The molecule has 0 saturated carbocycles. The molecule has 0 aliphatic carbocycles. The maximum Gasteiger partial charge on any atom is 0.341 e. The molecule has 0 radical (unpaired) electrons. The molecule has 3 aliphatic heterocycles. The summed E-state index contributed by atoms with van der Waals surface area (Å²) in [6.07, 6.45) is -4.00. The van der Waals surface area contributed by atoms with Gasteiger partial charge in [-0.25, -0.2) is 4.79 Å². The Bertz CT molecular complexity index is 2360. The van der Waals surface area contributed by atoms with E-state index in [2.05, 4.69) is 0 Å². The van der Waals surface area contributed by atoms with Crippen molar-refractivity contribution in [2.45, 2.75) is 237 Å². The van der Waals surface area contributed by atoms with E-state index in [-0.39, 0.29) is 49.3 Å². The van der Waals surface area contributed by atoms with Crippen molar-refractivity contribution < 1.29 is 77.8 Å². The number of aromatic nitrogens is 1. The predicted molar refractivity (Wildman–Crippen MR) is 297 cm³/mol. The average Bonchev–Trinajstić information content (AvgIpc) is 3.40. The third-order valence-electron chi connectivity index (χ3n) is 17.1. The largest absolute Gasteiger partial charge is 0.477 e. The molecule has 79 heavy (non-hydrogen) atoms. The summed E-state index contributed by atoms with van der Waals surface area (Å²) in [4.78, 5) is 56.5. The topological polar surface area (TPSA) is 255 Å². The fourth-order valence-corrected chi connectivity index (χ4v) is 12.3. The number of carboxylic acid groups (broad SMARTS) is 1. The number of pyridine rings is 1. The number of cyclic esters (lactones) is 1. The van der Waals surface area contributed by atoms with Gasteiger partial charge in [-0.1, -0.05) is 33.3 Å². The van der Waals surface area contributed by atoms with Crippen LogP contribution >= 0.6 is 0 Å². The lowest BCUT2D eigenvalue weighted by Crippen LogP contribution is -2.61. The number of aromatic carboxylic acids is 1. The Kier molecular flexibility index (Phi) is 23.9. The number of ether oxygens (including phenoxy) is 8. The number of carbonyl (C=O) groups is 3. The van der Waals surface area contributed by atoms with E-state index < -0.39 is 113 Å². The first-order chi connectivity index (χ1) is 37.0. The Morgan fingerprint density at radius 2 is 1.58 bits per heavy atom. The fourth-order valence-electron chi connectivity index (χ4n) is 12.3. The lowest BCUT2D eigenvalue weighted by molar-refractivity contribution is -0.318. The van der Waals surface area contributed by atoms with E-state index in [1.54, 1.807) is 45.3 Å². The smallest absolute Gasteiger partial charge is 0.341 e. The normalized spacial score (nSPS) is 36.6. The highest BCUT2D eigenvalue weighted by Crippen LogP contribution is 2.41. The number of likely N-dealkylation sites (N-methyl/N-ethyl adjacent to an activating group) is 2. The number of hydrogen-bond acceptors (Lipinski definition) is 18. The monoisotopic (exact) mass is 1120 g/mol. The van der Waals surface area contributed by atoms with Crippen molar-refractivity contribution in [3.63, 3.8) is 0 Å². The number of methoxy groups -OCH3 is 1. The van der Waals surface area contributed by atoms with Gasteiger partial charge in [-0.15, -0.1) is 0 Å². The lowest BCUT2D eigenvalue weighted by Gasteiger charge is -2.49. The average molecular weight is 1120 g/mol. The standard InChI is InChI=1S/C59H97N3O17/c1-16-45-59(11,71)51(66)38(7)61(14)32-34(3)30-57(9,70)52(79-56-49(65)44(60(12)13)28-35(4)74-56)36(5)50(37(6)55(69)76-45)78-47-31-58(10,72-15)53(39(8)75-47)77-46(63)23-19-18-20-26-73-27-21-22-40-24-25-43-41(29-40)48(64)42(54(67)68)33-62(43)17-2/h24-25,29,33-39,44-45,47,49-53,56,65-66,70-71H,16-23,26-28,30-32H2,1-15H3,(H,67,68)/t34-,35-,36+,37-,38-,39+,44+,45-,47+,49-,50+,51-,52-,53+,56?,57-,58-,59-/m1/s1. The molecular formula is C59H97N3O17. The molecule has 3 aliphatic rings. The second-order valence-corrected chi connectivity index (χ2v) is 24.0. The SMILES string of the molecule is CC[C@H]1OC(=O)[C@H](C)[C@@H](O[C@H]2C[C@@](C)(OC)[C@@H](OC(=O)CCCCCOCCCc3ccc4c(c3)c(=O)c(C(=O)O)cn4CC)[C@H](C)O2)[C@H](C)[C@@H](OC2O[C@H](C)C[C@H](N(C)C)[C@H]2O)[C@](C)(O)C[C@@H](C)CN(C)[C@H](C)[C@@H](O)[C@]1(C)O. The molecule has 20 nitrogen and oxygen atoms in total. The lowest BCUT2D eigenvalue weighted by atomic mass is 9.77. The van der Waals surface area contributed by atoms with Crippen LogP contribution in [0.1, 0.15) is 150 Å². The number of nitrogens with zero attached hydrogens (tertiary/aromatic N) is 3. The van der Waals surface area contributed by atoms with Crippen molar-refractivity contribution in [1.82, 2.24) is 14.4 Å². The Hall–Kier alpha value is -3.64. The zero-order valence-corrected chi connectivity index (χ0v) is 49.8. The highest BCUT2D eigenvalue weighted by Gasteiger charge is 2.54. The molecule has 1 aromatic heterocycles. The second-order valence-electron chi connectivity index (χ2n) is 24.0. The number of unbranched alkanes of at least 4 members (excludes halogenated alkanes) is 2. The van der Waals surface area contributed by atoms with Gasteiger partial charge in [0.1, 0.15) is 35.1 Å². The Balaban J connectivity index is 1.26. The molecular weight excluding hydrogens is 1020 g/mol. The van der Waals surface area contributed by atoms with E-state index >= 15 is 0 Å². The van der Waals surface area contributed by atoms with E-state index in [0.29, 0.717) is 69.3 Å². The van der Waals surface area contributed by atoms with Gasteiger partial charge in [0, 0.05) is 75.8 Å². The minimum atomic E-state index is -1.86. The van der Waals surface area contributed by atoms with Crippen molar-refractivity contribution >= 4 is 28.8 Å². The van der Waals surface area contributed by atoms with Gasteiger partial charge >= 0.3 is 17.9 Å². The van der Waals surface area contributed by atoms with Crippen LogP contribution in [0.5, 0.6) is 0 Å². The van der Waals surface area contributed by atoms with Crippen LogP contribution in [0, 0.1) is 17.8 Å². The van der Waals surface area contributed by atoms with Crippen LogP contribution in [-0.2, 0) is 60.4 Å². The van der Waals surface area contributed by atoms with Crippen LogP contribution in [0.25, 0.3) is 10.9 Å². The fraction of sp³-hybridized carbons (Fsp3) is 0.797. The molecule has 3 saturated heterocycles. The van der Waals surface area contributed by atoms with Gasteiger partial charge in [-0.3, -0.25) is 14.4 Å². The summed E-state index contributed by atoms with van der Waals surface area (Å²) in [6.45, 7) is 21.4. The maximum absolute atomic E-state index is 14.6. The third-order valence-corrected chi connectivity index (χ3v) is 17.1. The molecule has 18 atom stereocenters. The Morgan fingerprint density at radius 1 is 0.899 bits per heavy atom. The highest BCUT2D eigenvalue weighted by molar-refractivity contribution is 5.92. The van der Waals surface area contributed by atoms with Crippen LogP contribution in [-0.4, -0.2) is 196 Å². The quantitative estimate of drug-likeness (QED) is 0.0788. The summed E-state index contributed by atoms with van der Waals surface area (Å²) in [5, 5.41) is 58.1. The molecule has 3 fully saturated rings. The number of fused-ring (bicyclic) bond motifs is 1. The number of benzene rings is 1. The summed E-state index contributed by atoms with van der Waals surface area (Å²) in [7, 11) is 7.10. The first-order valence-corrected chi connectivity index (χ1v) is 28.7. The summed E-state index contributed by atoms with van der Waals surface area (Å²) < 4.78 is 52.6. The molecule has 1 unspecified atom stereocenters. The Morgan fingerprint density at radius 3 is 2.22 bits per heavy atom. The summed E-state index contributed by atoms with van der Waals surface area (Å²) in [6, 6.07) is 4.67. The van der Waals surface area contributed by atoms with Gasteiger partial charge in [0.2, 0.25) is 5.43 Å². The van der Waals surface area contributed by atoms with E-state index in [0.717, 1.165) is 12.0 Å². The van der Waals surface area contributed by atoms with Gasteiger partial charge in [0.25, 0.3) is 0 Å². The second kappa shape index (κ2) is 28.6. The molecule has 5 N–H and O–H groups in total. The molecule has 0 spiro atoms. The van der Waals surface area contributed by atoms with Crippen LogP contribution < -0.4 is 5.43 Å². The number of aryl methyl sites for hydroxylation is 2. The van der Waals surface area contributed by atoms with Gasteiger partial charge < -0.3 is 77.8 Å². The van der Waals surface area contributed by atoms with Crippen LogP contribution in [0.15, 0.2) is 29.2 Å². The number of rotatable bonds is 20. The van der Waals surface area contributed by atoms with Crippen LogP contribution in [0.2, 0.25) is 0 Å². The minimum absolute atomic E-state index is 0.0628. The molecule has 20 heteroatoms. The van der Waals surface area contributed by atoms with Gasteiger partial charge in [0.15, 0.2) is 18.7 Å². The summed E-state index contributed by atoms with van der Waals surface area (Å²) in [5.41, 5.74) is -3.74. The van der Waals surface area contributed by atoms with E-state index in [1.807, 2.05) is 77.7 Å². The zero-order chi connectivity index (χ0) is 58.9. The molecule has 2 aromatic rings. The van der Waals surface area contributed by atoms with Crippen molar-refractivity contribution in [3.05, 3.63) is 45.7 Å². The van der Waals surface area contributed by atoms with Gasteiger partial charge in [0.05, 0.1) is 41.5 Å². The number of esters is 2. The highest BCUT2D eigenvalue weighted by atomic mass is 16.7. The Labute approximate surface area is 468 Å². The molecule has 5 rings (SSSR count). The summed E-state index contributed by atoms with van der Waals surface area (Å²) in [5.74, 6) is -4.51. The number of carbonyl (C=O) groups excluding carboxylic acids is 2. The van der Waals surface area contributed by atoms with Gasteiger partial charge in [-0.2, -0.15) is 0 Å². The molecule has 450 valence electrons. The van der Waals surface area contributed by atoms with E-state index in [4.69, 9.17) is 37.9 Å². The first-order valence-electron chi connectivity index (χ1n) is 28.7. The van der Waals surface area contributed by atoms with E-state index in [1.165, 1.54) is 20.2 Å². The van der Waals surface area contributed by atoms with Crippen LogP contribution in [0.4, 0.5) is 0 Å². The zero-order valence-electron chi connectivity index (χ0n) is 49.8. The van der Waals surface area contributed by atoms with Crippen molar-refractivity contribution in [2.75, 3.05) is 48.0 Å². The molecule has 1 aromatic carbocycles. The molecule has 0 bridgehead atoms. The number of aliphatic hydroxyl groups excluding tert-OH is 2. The minimum Gasteiger partial charge on any atom is -0.477 e. The maximum atomic E-state index is 14.6. The van der Waals surface area contributed by atoms with Gasteiger partial charge in [-0.05, 0) is 145 Å². The number of hydrogen-bond donors (Lipinski definition) is 5. The summed E-state index contributed by atoms with van der Waals surface area (Å²) >= 11 is 0. The number of carboxylic acids is 1.